The van der Waals surface area contributed by atoms with E-state index in [1.54, 1.807) is 30.3 Å². The fraction of sp³-hybridized carbons (Fsp3) is 0.304. The molecule has 2 saturated heterocycles. The summed E-state index contributed by atoms with van der Waals surface area (Å²) in [7, 11) is 0. The first kappa shape index (κ1) is 19.7. The Kier molecular flexibility index (Phi) is 5.46. The molecule has 0 aromatic heterocycles. The summed E-state index contributed by atoms with van der Waals surface area (Å²) in [4.78, 5) is 28.9. The zero-order valence-corrected chi connectivity index (χ0v) is 17.8. The van der Waals surface area contributed by atoms with Gasteiger partial charge in [-0.2, -0.15) is 0 Å². The van der Waals surface area contributed by atoms with Crippen LogP contribution in [0.1, 0.15) is 28.8 Å². The fourth-order valence-electron chi connectivity index (χ4n) is 4.07. The summed E-state index contributed by atoms with van der Waals surface area (Å²) >= 11 is 3.41. The maximum absolute atomic E-state index is 12.7. The molecule has 2 aliphatic rings. The van der Waals surface area contributed by atoms with Crippen LogP contribution in [0.3, 0.4) is 0 Å². The van der Waals surface area contributed by atoms with Crippen molar-refractivity contribution < 1.29 is 9.59 Å². The third-order valence-electron chi connectivity index (χ3n) is 5.92. The van der Waals surface area contributed by atoms with Gasteiger partial charge in [-0.25, -0.2) is 0 Å². The quantitative estimate of drug-likeness (QED) is 0.567. The summed E-state index contributed by atoms with van der Waals surface area (Å²) in [6.45, 7) is 3.03. The van der Waals surface area contributed by atoms with Crippen molar-refractivity contribution in [1.29, 1.82) is 0 Å². The molecule has 1 spiro atoms. The summed E-state index contributed by atoms with van der Waals surface area (Å²) in [5.41, 5.74) is 8.21. The van der Waals surface area contributed by atoms with Crippen LogP contribution in [0.4, 0.5) is 5.69 Å². The van der Waals surface area contributed by atoms with Crippen molar-refractivity contribution in [2.75, 3.05) is 31.9 Å². The second-order valence-electron chi connectivity index (χ2n) is 7.99. The first-order valence-electron chi connectivity index (χ1n) is 9.82. The Morgan fingerprint density at radius 3 is 2.17 bits per heavy atom. The van der Waals surface area contributed by atoms with Crippen molar-refractivity contribution in [3.8, 4) is 0 Å². The van der Waals surface area contributed by atoms with Gasteiger partial charge in [-0.15, -0.1) is 0 Å². The van der Waals surface area contributed by atoms with Crippen molar-refractivity contribution in [3.05, 3.63) is 70.2 Å². The maximum Gasteiger partial charge on any atom is 0.253 e. The molecule has 29 heavy (non-hydrogen) atoms. The van der Waals surface area contributed by atoms with E-state index < -0.39 is 0 Å². The van der Waals surface area contributed by atoms with Gasteiger partial charge < -0.3 is 15.5 Å². The standard InChI is InChI=1S/C23H24BrN3O2/c24-19-6-1-17(2-7-19)3-10-21(28)27-15-23(16-27)11-13-26(14-12-23)22(29)18-4-8-20(25)9-5-18/h1-10H,11-16,25H2/b10-3+. The van der Waals surface area contributed by atoms with Gasteiger partial charge in [0.1, 0.15) is 0 Å². The van der Waals surface area contributed by atoms with Gasteiger partial charge in [-0.05, 0) is 60.9 Å². The van der Waals surface area contributed by atoms with Crippen LogP contribution >= 0.6 is 15.9 Å². The van der Waals surface area contributed by atoms with Crippen LogP contribution in [0.2, 0.25) is 0 Å². The lowest BCUT2D eigenvalue weighted by Crippen LogP contribution is -2.62. The molecule has 6 heteroatoms. The molecule has 0 radical (unpaired) electrons. The van der Waals surface area contributed by atoms with E-state index in [0.29, 0.717) is 11.3 Å². The number of nitrogen functional groups attached to an aromatic ring is 1. The third kappa shape index (κ3) is 4.37. The van der Waals surface area contributed by atoms with E-state index in [1.807, 2.05) is 40.1 Å². The molecular formula is C23H24BrN3O2. The molecule has 5 nitrogen and oxygen atoms in total. The molecule has 4 rings (SSSR count). The zero-order chi connectivity index (χ0) is 20.4. The second kappa shape index (κ2) is 8.03. The molecule has 2 amide bonds. The highest BCUT2D eigenvalue weighted by molar-refractivity contribution is 9.10. The molecule has 0 bridgehead atoms. The predicted octanol–water partition coefficient (Wildman–Crippen LogP) is 3.81. The van der Waals surface area contributed by atoms with Gasteiger partial charge in [0.2, 0.25) is 5.91 Å². The van der Waals surface area contributed by atoms with Crippen molar-refractivity contribution in [1.82, 2.24) is 9.80 Å². The van der Waals surface area contributed by atoms with E-state index in [0.717, 1.165) is 49.1 Å². The average Bonchev–Trinajstić information content (AvgIpc) is 2.71. The topological polar surface area (TPSA) is 66.6 Å². The molecule has 2 heterocycles. The number of amides is 2. The van der Waals surface area contributed by atoms with Crippen molar-refractivity contribution in [2.45, 2.75) is 12.8 Å². The van der Waals surface area contributed by atoms with Gasteiger partial charge in [-0.3, -0.25) is 9.59 Å². The van der Waals surface area contributed by atoms with E-state index in [4.69, 9.17) is 5.73 Å². The van der Waals surface area contributed by atoms with E-state index >= 15 is 0 Å². The normalized spacial score (nSPS) is 18.1. The summed E-state index contributed by atoms with van der Waals surface area (Å²) in [5.74, 6) is 0.114. The van der Waals surface area contributed by atoms with Crippen molar-refractivity contribution in [3.63, 3.8) is 0 Å². The number of halogens is 1. The molecular weight excluding hydrogens is 430 g/mol. The first-order valence-corrected chi connectivity index (χ1v) is 10.6. The Morgan fingerprint density at radius 2 is 1.55 bits per heavy atom. The number of benzene rings is 2. The van der Waals surface area contributed by atoms with Crippen LogP contribution in [0, 0.1) is 5.41 Å². The minimum atomic E-state index is 0.0546. The molecule has 0 atom stereocenters. The van der Waals surface area contributed by atoms with Gasteiger partial charge in [0, 0.05) is 53.4 Å². The highest BCUT2D eigenvalue weighted by Gasteiger charge is 2.46. The van der Waals surface area contributed by atoms with Gasteiger partial charge in [0.25, 0.3) is 5.91 Å². The predicted molar refractivity (Wildman–Crippen MR) is 118 cm³/mol. The summed E-state index contributed by atoms with van der Waals surface area (Å²) in [5, 5.41) is 0. The van der Waals surface area contributed by atoms with Crippen LogP contribution < -0.4 is 5.73 Å². The minimum Gasteiger partial charge on any atom is -0.399 e. The molecule has 2 aliphatic heterocycles. The summed E-state index contributed by atoms with van der Waals surface area (Å²) < 4.78 is 1.02. The first-order chi connectivity index (χ1) is 13.9. The lowest BCUT2D eigenvalue weighted by Gasteiger charge is -2.53. The van der Waals surface area contributed by atoms with Crippen LogP contribution in [0.5, 0.6) is 0 Å². The van der Waals surface area contributed by atoms with Gasteiger partial charge >= 0.3 is 0 Å². The number of anilines is 1. The number of nitrogens with two attached hydrogens (primary N) is 1. The molecule has 2 N–H and O–H groups in total. The van der Waals surface area contributed by atoms with Gasteiger partial charge in [0.15, 0.2) is 0 Å². The Labute approximate surface area is 179 Å². The van der Waals surface area contributed by atoms with Crippen LogP contribution in [0.15, 0.2) is 59.1 Å². The number of rotatable bonds is 3. The second-order valence-corrected chi connectivity index (χ2v) is 8.91. The monoisotopic (exact) mass is 453 g/mol. The zero-order valence-electron chi connectivity index (χ0n) is 16.2. The Hall–Kier alpha value is -2.60. The molecule has 2 aromatic rings. The van der Waals surface area contributed by atoms with Crippen molar-refractivity contribution in [2.24, 2.45) is 5.41 Å². The number of nitrogens with zero attached hydrogens (tertiary/aromatic N) is 2. The number of piperidine rings is 1. The molecule has 150 valence electrons. The van der Waals surface area contributed by atoms with E-state index in [2.05, 4.69) is 15.9 Å². The number of likely N-dealkylation sites (tertiary alicyclic amines) is 2. The summed E-state index contributed by atoms with van der Waals surface area (Å²) in [6, 6.07) is 14.9. The lowest BCUT2D eigenvalue weighted by molar-refractivity contribution is -0.140. The lowest BCUT2D eigenvalue weighted by atomic mass is 9.72. The third-order valence-corrected chi connectivity index (χ3v) is 6.45. The molecule has 2 fully saturated rings. The average molecular weight is 454 g/mol. The molecule has 0 unspecified atom stereocenters. The fourth-order valence-corrected chi connectivity index (χ4v) is 4.34. The van der Waals surface area contributed by atoms with E-state index in [-0.39, 0.29) is 17.2 Å². The highest BCUT2D eigenvalue weighted by atomic mass is 79.9. The smallest absolute Gasteiger partial charge is 0.253 e. The largest absolute Gasteiger partial charge is 0.399 e. The molecule has 2 aromatic carbocycles. The minimum absolute atomic E-state index is 0.0546. The van der Waals surface area contributed by atoms with Gasteiger partial charge in [0.05, 0.1) is 0 Å². The Balaban J connectivity index is 1.27. The maximum atomic E-state index is 12.7. The summed E-state index contributed by atoms with van der Waals surface area (Å²) in [6.07, 6.45) is 5.38. The Morgan fingerprint density at radius 1 is 0.931 bits per heavy atom. The highest BCUT2D eigenvalue weighted by Crippen LogP contribution is 2.40. The van der Waals surface area contributed by atoms with E-state index in [9.17, 15) is 9.59 Å². The SMILES string of the molecule is Nc1ccc(C(=O)N2CCC3(CC2)CN(C(=O)/C=C/c2ccc(Br)cc2)C3)cc1. The molecule has 0 aliphatic carbocycles. The Bertz CT molecular complexity index is 922. The number of hydrogen-bond donors (Lipinski definition) is 1. The van der Waals surface area contributed by atoms with E-state index in [1.165, 1.54) is 0 Å². The van der Waals surface area contributed by atoms with Crippen LogP contribution in [-0.4, -0.2) is 47.8 Å². The van der Waals surface area contributed by atoms with Gasteiger partial charge in [-0.1, -0.05) is 28.1 Å². The number of carbonyl (C=O) groups excluding carboxylic acids is 2. The van der Waals surface area contributed by atoms with Crippen LogP contribution in [-0.2, 0) is 4.79 Å². The van der Waals surface area contributed by atoms with Crippen molar-refractivity contribution >= 4 is 39.5 Å². The van der Waals surface area contributed by atoms with Crippen LogP contribution in [0.25, 0.3) is 6.08 Å². The number of hydrogen-bond acceptors (Lipinski definition) is 3. The number of carbonyl (C=O) groups is 2. The molecule has 0 saturated carbocycles.